The predicted octanol–water partition coefficient (Wildman–Crippen LogP) is 4.45. The second kappa shape index (κ2) is 6.08. The fourth-order valence-corrected chi connectivity index (χ4v) is 4.75. The largest absolute Gasteiger partial charge is 0.314 e. The lowest BCUT2D eigenvalue weighted by molar-refractivity contribution is 0.00509. The number of hydrogen-bond donors (Lipinski definition) is 1. The lowest BCUT2D eigenvalue weighted by atomic mass is 9.48. The molecule has 2 saturated carbocycles. The number of nitrogens with one attached hydrogen (secondary N) is 1. The standard InChI is InChI=1S/C19H30N2/c1-16(2)21-15-19(17-7-11-20-12-8-17)13-18(14-19)9-5-3-4-6-10-18/h7-8,11-12,16,21H,3-6,9-10,13-15H2,1-2H3. The van der Waals surface area contributed by atoms with Crippen molar-refractivity contribution in [3.05, 3.63) is 30.1 Å². The van der Waals surface area contributed by atoms with Crippen molar-refractivity contribution in [1.82, 2.24) is 10.3 Å². The van der Waals surface area contributed by atoms with E-state index in [2.05, 4.69) is 36.3 Å². The lowest BCUT2D eigenvalue weighted by Crippen LogP contribution is -2.55. The van der Waals surface area contributed by atoms with Crippen LogP contribution in [-0.2, 0) is 5.41 Å². The molecule has 0 bridgehead atoms. The molecule has 0 radical (unpaired) electrons. The van der Waals surface area contributed by atoms with E-state index in [1.165, 1.54) is 56.9 Å². The summed E-state index contributed by atoms with van der Waals surface area (Å²) < 4.78 is 0. The van der Waals surface area contributed by atoms with Gasteiger partial charge in [-0.25, -0.2) is 0 Å². The summed E-state index contributed by atoms with van der Waals surface area (Å²) in [5.41, 5.74) is 2.51. The molecule has 2 aliphatic rings. The van der Waals surface area contributed by atoms with Gasteiger partial charge in [0.1, 0.15) is 0 Å². The van der Waals surface area contributed by atoms with Crippen LogP contribution in [0.5, 0.6) is 0 Å². The zero-order valence-corrected chi connectivity index (χ0v) is 13.7. The molecule has 2 heteroatoms. The molecule has 2 aliphatic carbocycles. The highest BCUT2D eigenvalue weighted by Gasteiger charge is 2.54. The first-order chi connectivity index (χ1) is 10.1. The van der Waals surface area contributed by atoms with Gasteiger partial charge in [-0.1, -0.05) is 39.5 Å². The molecule has 0 atom stereocenters. The number of pyridine rings is 1. The maximum atomic E-state index is 4.21. The Morgan fingerprint density at radius 3 is 2.24 bits per heavy atom. The van der Waals surface area contributed by atoms with Crippen LogP contribution in [0.2, 0.25) is 0 Å². The molecule has 1 aromatic heterocycles. The fourth-order valence-electron chi connectivity index (χ4n) is 4.75. The van der Waals surface area contributed by atoms with Crippen LogP contribution in [0.15, 0.2) is 24.5 Å². The van der Waals surface area contributed by atoms with Crippen LogP contribution in [0.4, 0.5) is 0 Å². The minimum Gasteiger partial charge on any atom is -0.314 e. The number of rotatable bonds is 4. The first-order valence-corrected chi connectivity index (χ1v) is 8.78. The van der Waals surface area contributed by atoms with Crippen molar-refractivity contribution < 1.29 is 0 Å². The molecule has 2 nitrogen and oxygen atoms in total. The monoisotopic (exact) mass is 286 g/mol. The Morgan fingerprint density at radius 1 is 1.05 bits per heavy atom. The van der Waals surface area contributed by atoms with E-state index in [0.29, 0.717) is 16.9 Å². The molecule has 0 amide bonds. The topological polar surface area (TPSA) is 24.9 Å². The molecular formula is C19H30N2. The van der Waals surface area contributed by atoms with Crippen LogP contribution < -0.4 is 5.32 Å². The molecule has 0 aliphatic heterocycles. The van der Waals surface area contributed by atoms with Crippen LogP contribution in [0.3, 0.4) is 0 Å². The van der Waals surface area contributed by atoms with Gasteiger partial charge in [0.15, 0.2) is 0 Å². The van der Waals surface area contributed by atoms with E-state index in [4.69, 9.17) is 0 Å². The average Bonchev–Trinajstić information content (AvgIpc) is 2.70. The summed E-state index contributed by atoms with van der Waals surface area (Å²) in [5.74, 6) is 0. The Hall–Kier alpha value is -0.890. The third-order valence-electron chi connectivity index (χ3n) is 5.73. The highest BCUT2D eigenvalue weighted by Crippen LogP contribution is 2.61. The Morgan fingerprint density at radius 2 is 1.67 bits per heavy atom. The van der Waals surface area contributed by atoms with E-state index < -0.39 is 0 Å². The minimum atomic E-state index is 0.359. The Bertz CT molecular complexity index is 436. The molecule has 2 fully saturated rings. The van der Waals surface area contributed by atoms with E-state index >= 15 is 0 Å². The molecule has 3 rings (SSSR count). The smallest absolute Gasteiger partial charge is 0.0270 e. The summed E-state index contributed by atoms with van der Waals surface area (Å²) in [6, 6.07) is 5.05. The second-order valence-electron chi connectivity index (χ2n) is 7.82. The van der Waals surface area contributed by atoms with Crippen molar-refractivity contribution in [3.8, 4) is 0 Å². The van der Waals surface area contributed by atoms with Crippen LogP contribution in [0.1, 0.15) is 70.8 Å². The summed E-state index contributed by atoms with van der Waals surface area (Å²) in [6.07, 6.45) is 15.4. The molecule has 1 N–H and O–H groups in total. The van der Waals surface area contributed by atoms with Gasteiger partial charge in [-0.2, -0.15) is 0 Å². The Kier molecular flexibility index (Phi) is 4.35. The van der Waals surface area contributed by atoms with E-state index in [0.717, 1.165) is 6.54 Å². The van der Waals surface area contributed by atoms with Gasteiger partial charge in [0, 0.05) is 30.4 Å². The molecule has 1 spiro atoms. The third-order valence-corrected chi connectivity index (χ3v) is 5.73. The number of hydrogen-bond acceptors (Lipinski definition) is 2. The van der Waals surface area contributed by atoms with E-state index in [1.807, 2.05) is 12.4 Å². The summed E-state index contributed by atoms with van der Waals surface area (Å²) in [5, 5.41) is 3.70. The summed E-state index contributed by atoms with van der Waals surface area (Å²) in [4.78, 5) is 4.21. The molecule has 0 unspecified atom stereocenters. The van der Waals surface area contributed by atoms with Crippen LogP contribution >= 0.6 is 0 Å². The highest BCUT2D eigenvalue weighted by atomic mass is 14.9. The Balaban J connectivity index is 1.76. The molecule has 21 heavy (non-hydrogen) atoms. The van der Waals surface area contributed by atoms with Crippen LogP contribution in [0, 0.1) is 5.41 Å². The Labute approximate surface area is 129 Å². The zero-order valence-electron chi connectivity index (χ0n) is 13.7. The van der Waals surface area contributed by atoms with Crippen molar-refractivity contribution in [2.24, 2.45) is 5.41 Å². The maximum absolute atomic E-state index is 4.21. The molecule has 0 aromatic carbocycles. The molecular weight excluding hydrogens is 256 g/mol. The van der Waals surface area contributed by atoms with Gasteiger partial charge in [-0.15, -0.1) is 0 Å². The van der Waals surface area contributed by atoms with Crippen molar-refractivity contribution in [3.63, 3.8) is 0 Å². The van der Waals surface area contributed by atoms with Crippen LogP contribution in [-0.4, -0.2) is 17.6 Å². The van der Waals surface area contributed by atoms with Crippen molar-refractivity contribution in [2.45, 2.75) is 76.7 Å². The van der Waals surface area contributed by atoms with Crippen molar-refractivity contribution >= 4 is 0 Å². The van der Waals surface area contributed by atoms with Crippen LogP contribution in [0.25, 0.3) is 0 Å². The van der Waals surface area contributed by atoms with Gasteiger partial charge in [0.05, 0.1) is 0 Å². The SMILES string of the molecule is CC(C)NCC1(c2ccncc2)CC2(CCCCCC2)C1. The average molecular weight is 286 g/mol. The van der Waals surface area contributed by atoms with Gasteiger partial charge < -0.3 is 5.32 Å². The maximum Gasteiger partial charge on any atom is 0.0270 e. The fraction of sp³-hybridized carbons (Fsp3) is 0.737. The van der Waals surface area contributed by atoms with E-state index in [-0.39, 0.29) is 0 Å². The summed E-state index contributed by atoms with van der Waals surface area (Å²) in [6.45, 7) is 5.62. The lowest BCUT2D eigenvalue weighted by Gasteiger charge is -2.57. The van der Waals surface area contributed by atoms with Crippen molar-refractivity contribution in [2.75, 3.05) is 6.54 Å². The quantitative estimate of drug-likeness (QED) is 0.884. The molecule has 1 aromatic rings. The molecule has 0 saturated heterocycles. The van der Waals surface area contributed by atoms with E-state index in [1.54, 1.807) is 0 Å². The zero-order chi connectivity index (χ0) is 14.8. The third kappa shape index (κ3) is 3.15. The van der Waals surface area contributed by atoms with Gasteiger partial charge in [0.2, 0.25) is 0 Å². The first-order valence-electron chi connectivity index (χ1n) is 8.78. The number of aromatic nitrogens is 1. The molecule has 1 heterocycles. The van der Waals surface area contributed by atoms with Gasteiger partial charge >= 0.3 is 0 Å². The molecule has 116 valence electrons. The predicted molar refractivity (Wildman–Crippen MR) is 88.4 cm³/mol. The van der Waals surface area contributed by atoms with Crippen molar-refractivity contribution in [1.29, 1.82) is 0 Å². The summed E-state index contributed by atoms with van der Waals surface area (Å²) in [7, 11) is 0. The normalized spacial score (nSPS) is 23.8. The summed E-state index contributed by atoms with van der Waals surface area (Å²) >= 11 is 0. The van der Waals surface area contributed by atoms with E-state index in [9.17, 15) is 0 Å². The second-order valence-corrected chi connectivity index (χ2v) is 7.82. The van der Waals surface area contributed by atoms with Gasteiger partial charge in [-0.3, -0.25) is 4.98 Å². The first kappa shape index (κ1) is 15.0. The van der Waals surface area contributed by atoms with Gasteiger partial charge in [-0.05, 0) is 48.8 Å². The highest BCUT2D eigenvalue weighted by molar-refractivity contribution is 5.30. The van der Waals surface area contributed by atoms with Gasteiger partial charge in [0.25, 0.3) is 0 Å². The minimum absolute atomic E-state index is 0.359. The number of nitrogens with zero attached hydrogens (tertiary/aromatic N) is 1.